The van der Waals surface area contributed by atoms with Gasteiger partial charge in [-0.15, -0.1) is 0 Å². The van der Waals surface area contributed by atoms with Crippen LogP contribution in [-0.4, -0.2) is 46.2 Å². The van der Waals surface area contributed by atoms with Crippen LogP contribution in [0, 0.1) is 12.8 Å². The summed E-state index contributed by atoms with van der Waals surface area (Å²) in [5.41, 5.74) is 1.55. The fourth-order valence-electron chi connectivity index (χ4n) is 4.12. The summed E-state index contributed by atoms with van der Waals surface area (Å²) in [5, 5.41) is 5.70. The molecule has 2 N–H and O–H groups in total. The first-order valence-corrected chi connectivity index (χ1v) is 13.8. The number of nitrogens with one attached hydrogen (secondary N) is 2. The van der Waals surface area contributed by atoms with E-state index in [0.29, 0.717) is 23.6 Å². The highest BCUT2D eigenvalue weighted by Gasteiger charge is 2.38. The largest absolute Gasteiger partial charge is 0.444 e. The molecular weight excluding hydrogens is 498 g/mol. The van der Waals surface area contributed by atoms with Gasteiger partial charge < -0.3 is 20.3 Å². The third-order valence-corrected chi connectivity index (χ3v) is 6.47. The Kier molecular flexibility index (Phi) is 11.7. The second-order valence-electron chi connectivity index (χ2n) is 11.1. The lowest BCUT2D eigenvalue weighted by Gasteiger charge is -2.38. The van der Waals surface area contributed by atoms with Gasteiger partial charge in [0.05, 0.1) is 0 Å². The molecule has 0 spiro atoms. The number of carbonyl (C=O) groups is 3. The van der Waals surface area contributed by atoms with Crippen LogP contribution in [0.2, 0.25) is 0 Å². The number of para-hydroxylation sites is 1. The number of carbonyl (C=O) groups excluding carboxylic acids is 3. The predicted octanol–water partition coefficient (Wildman–Crippen LogP) is 6.15. The van der Waals surface area contributed by atoms with Crippen LogP contribution in [0.25, 0.3) is 0 Å². The van der Waals surface area contributed by atoms with Crippen molar-refractivity contribution in [2.75, 3.05) is 11.1 Å². The minimum atomic E-state index is -0.979. The summed E-state index contributed by atoms with van der Waals surface area (Å²) in [4.78, 5) is 42.2. The van der Waals surface area contributed by atoms with Crippen LogP contribution in [0.4, 0.5) is 10.5 Å². The summed E-state index contributed by atoms with van der Waals surface area (Å²) in [6, 6.07) is 14.6. The summed E-state index contributed by atoms with van der Waals surface area (Å²) in [7, 11) is 0. The number of aryl methyl sites for hydroxylation is 1. The van der Waals surface area contributed by atoms with Crippen molar-refractivity contribution in [3.05, 3.63) is 65.7 Å². The molecule has 208 valence electrons. The topological polar surface area (TPSA) is 87.7 Å². The smallest absolute Gasteiger partial charge is 0.408 e. The van der Waals surface area contributed by atoms with E-state index in [1.54, 1.807) is 25.7 Å². The number of nitrogens with zero attached hydrogens (tertiary/aromatic N) is 1. The summed E-state index contributed by atoms with van der Waals surface area (Å²) in [6.45, 7) is 13.4. The van der Waals surface area contributed by atoms with Crippen molar-refractivity contribution in [3.8, 4) is 0 Å². The predicted molar refractivity (Wildman–Crippen MR) is 156 cm³/mol. The van der Waals surface area contributed by atoms with Gasteiger partial charge in [0.1, 0.15) is 17.7 Å². The number of anilines is 1. The number of ether oxygens (including phenoxy) is 1. The number of amides is 3. The Morgan fingerprint density at radius 2 is 1.55 bits per heavy atom. The molecule has 0 saturated carbocycles. The van der Waals surface area contributed by atoms with E-state index in [0.717, 1.165) is 12.0 Å². The first-order valence-electron chi connectivity index (χ1n) is 13.2. The molecule has 38 heavy (non-hydrogen) atoms. The average Bonchev–Trinajstić information content (AvgIpc) is 2.84. The molecule has 0 heterocycles. The summed E-state index contributed by atoms with van der Waals surface area (Å²) in [6.07, 6.45) is 0.854. The third kappa shape index (κ3) is 9.39. The SMILES string of the molecule is Cc1ccccc1NC(=O)C(c1ccccc1)N(C(=O)C(CS)NC(=O)OC(C)(C)C)C(C)CCC(C)C. The zero-order valence-corrected chi connectivity index (χ0v) is 24.5. The molecule has 0 radical (unpaired) electrons. The maximum Gasteiger partial charge on any atom is 0.408 e. The lowest BCUT2D eigenvalue weighted by Crippen LogP contribution is -2.55. The van der Waals surface area contributed by atoms with Crippen LogP contribution in [0.1, 0.15) is 71.6 Å². The van der Waals surface area contributed by atoms with E-state index in [9.17, 15) is 14.4 Å². The molecule has 0 aliphatic rings. The highest BCUT2D eigenvalue weighted by Crippen LogP contribution is 2.29. The molecular formula is C30H43N3O4S. The standard InChI is InChI=1S/C30H43N3O4S/c1-20(2)17-18-22(4)33(28(35)25(19-38)32-29(36)37-30(5,6)7)26(23-14-9-8-10-15-23)27(34)31-24-16-12-11-13-21(24)3/h8-16,20,22,25-26,38H,17-19H2,1-7H3,(H,31,34)(H,32,36). The molecule has 3 atom stereocenters. The molecule has 2 rings (SSSR count). The summed E-state index contributed by atoms with van der Waals surface area (Å²) in [5.74, 6) is -0.251. The molecule has 0 aromatic heterocycles. The van der Waals surface area contributed by atoms with Crippen molar-refractivity contribution >= 4 is 36.2 Å². The minimum absolute atomic E-state index is 0.0480. The zero-order chi connectivity index (χ0) is 28.5. The monoisotopic (exact) mass is 541 g/mol. The number of hydrogen-bond donors (Lipinski definition) is 3. The fourth-order valence-corrected chi connectivity index (χ4v) is 4.36. The highest BCUT2D eigenvalue weighted by atomic mass is 32.1. The Labute approximate surface area is 233 Å². The maximum absolute atomic E-state index is 14.1. The van der Waals surface area contributed by atoms with E-state index in [2.05, 4.69) is 37.1 Å². The van der Waals surface area contributed by atoms with Crippen molar-refractivity contribution in [1.29, 1.82) is 0 Å². The molecule has 0 fully saturated rings. The lowest BCUT2D eigenvalue weighted by molar-refractivity contribution is -0.143. The first kappa shape index (κ1) is 31.2. The molecule has 0 bridgehead atoms. The van der Waals surface area contributed by atoms with E-state index in [-0.39, 0.29) is 17.7 Å². The Balaban J connectivity index is 2.52. The van der Waals surface area contributed by atoms with Gasteiger partial charge in [0, 0.05) is 17.5 Å². The molecule has 2 aromatic carbocycles. The van der Waals surface area contributed by atoms with Crippen LogP contribution >= 0.6 is 12.6 Å². The maximum atomic E-state index is 14.1. The minimum Gasteiger partial charge on any atom is -0.444 e. The normalized spacial score (nSPS) is 13.8. The quantitative estimate of drug-likeness (QED) is 0.298. The Bertz CT molecular complexity index is 1070. The van der Waals surface area contributed by atoms with Gasteiger partial charge in [-0.25, -0.2) is 4.79 Å². The van der Waals surface area contributed by atoms with Crippen LogP contribution in [0.15, 0.2) is 54.6 Å². The van der Waals surface area contributed by atoms with Gasteiger partial charge in [0.15, 0.2) is 0 Å². The average molecular weight is 542 g/mol. The Hall–Kier alpha value is -3.00. The number of alkyl carbamates (subject to hydrolysis) is 1. The van der Waals surface area contributed by atoms with Crippen molar-refractivity contribution in [3.63, 3.8) is 0 Å². The summed E-state index contributed by atoms with van der Waals surface area (Å²) < 4.78 is 5.39. The van der Waals surface area contributed by atoms with E-state index in [4.69, 9.17) is 4.74 Å². The fraction of sp³-hybridized carbons (Fsp3) is 0.500. The molecule has 2 aromatic rings. The molecule has 3 amide bonds. The number of hydrogen-bond acceptors (Lipinski definition) is 5. The van der Waals surface area contributed by atoms with Crippen LogP contribution in [0.5, 0.6) is 0 Å². The summed E-state index contributed by atoms with van der Waals surface area (Å²) >= 11 is 4.37. The van der Waals surface area contributed by atoms with E-state index in [1.807, 2.05) is 68.4 Å². The van der Waals surface area contributed by atoms with Gasteiger partial charge >= 0.3 is 6.09 Å². The molecule has 3 unspecified atom stereocenters. The van der Waals surface area contributed by atoms with Crippen molar-refractivity contribution in [2.45, 2.75) is 85.0 Å². The zero-order valence-electron chi connectivity index (χ0n) is 23.7. The van der Waals surface area contributed by atoms with Gasteiger partial charge in [-0.05, 0) is 70.6 Å². The van der Waals surface area contributed by atoms with E-state index in [1.165, 1.54) is 0 Å². The van der Waals surface area contributed by atoms with Crippen molar-refractivity contribution < 1.29 is 19.1 Å². The highest BCUT2D eigenvalue weighted by molar-refractivity contribution is 7.80. The van der Waals surface area contributed by atoms with Crippen LogP contribution in [0.3, 0.4) is 0 Å². The van der Waals surface area contributed by atoms with Crippen molar-refractivity contribution in [1.82, 2.24) is 10.2 Å². The van der Waals surface area contributed by atoms with Gasteiger partial charge in [-0.3, -0.25) is 9.59 Å². The Morgan fingerprint density at radius 3 is 2.11 bits per heavy atom. The molecule has 7 nitrogen and oxygen atoms in total. The van der Waals surface area contributed by atoms with Gasteiger partial charge in [-0.1, -0.05) is 62.4 Å². The molecule has 0 aliphatic carbocycles. The van der Waals surface area contributed by atoms with Crippen molar-refractivity contribution in [2.24, 2.45) is 5.92 Å². The van der Waals surface area contributed by atoms with E-state index >= 15 is 0 Å². The van der Waals surface area contributed by atoms with Gasteiger partial charge in [0.2, 0.25) is 5.91 Å². The Morgan fingerprint density at radius 1 is 0.947 bits per heavy atom. The van der Waals surface area contributed by atoms with Gasteiger partial charge in [0.25, 0.3) is 5.91 Å². The first-order chi connectivity index (χ1) is 17.8. The molecule has 0 saturated heterocycles. The number of rotatable bonds is 11. The second kappa shape index (κ2) is 14.2. The molecule has 0 aliphatic heterocycles. The van der Waals surface area contributed by atoms with E-state index < -0.39 is 29.7 Å². The van der Waals surface area contributed by atoms with Gasteiger partial charge in [-0.2, -0.15) is 12.6 Å². The van der Waals surface area contributed by atoms with Crippen LogP contribution < -0.4 is 10.6 Å². The number of thiol groups is 1. The lowest BCUT2D eigenvalue weighted by atomic mass is 9.97. The second-order valence-corrected chi connectivity index (χ2v) is 11.4. The van der Waals surface area contributed by atoms with Crippen LogP contribution in [-0.2, 0) is 14.3 Å². The molecule has 8 heteroatoms. The third-order valence-electron chi connectivity index (χ3n) is 6.11. The number of benzene rings is 2.